The van der Waals surface area contributed by atoms with Crippen LogP contribution in [0.25, 0.3) is 10.2 Å². The first kappa shape index (κ1) is 12.2. The summed E-state index contributed by atoms with van der Waals surface area (Å²) >= 11 is 1.67. The van der Waals surface area contributed by atoms with Crippen LogP contribution in [-0.4, -0.2) is 17.6 Å². The van der Waals surface area contributed by atoms with Crippen LogP contribution in [0.15, 0.2) is 12.1 Å². The molecule has 0 saturated heterocycles. The fourth-order valence-electron chi connectivity index (χ4n) is 2.40. The Hall–Kier alpha value is -1.80. The summed E-state index contributed by atoms with van der Waals surface area (Å²) in [6, 6.07) is 6.85. The molecule has 1 aliphatic rings. The molecule has 4 nitrogen and oxygen atoms in total. The van der Waals surface area contributed by atoms with E-state index >= 15 is 0 Å². The highest BCUT2D eigenvalue weighted by atomic mass is 32.1. The van der Waals surface area contributed by atoms with Crippen LogP contribution >= 0.6 is 11.3 Å². The number of hydrogen-bond donors (Lipinski definition) is 1. The second-order valence-corrected chi connectivity index (χ2v) is 6.18. The van der Waals surface area contributed by atoms with Crippen molar-refractivity contribution in [2.45, 2.75) is 32.2 Å². The van der Waals surface area contributed by atoms with Crippen LogP contribution in [0.5, 0.6) is 0 Å². The SMILES string of the molecule is Cc1nc2cc(N(CCC#N)C3CC3)c(N)cc2s1. The lowest BCUT2D eigenvalue weighted by Gasteiger charge is -2.25. The molecule has 98 valence electrons. The summed E-state index contributed by atoms with van der Waals surface area (Å²) in [6.45, 7) is 2.76. The number of nitrogen functional groups attached to an aromatic ring is 1. The van der Waals surface area contributed by atoms with Crippen molar-refractivity contribution in [3.05, 3.63) is 17.1 Å². The Balaban J connectivity index is 2.01. The van der Waals surface area contributed by atoms with Crippen LogP contribution in [0, 0.1) is 18.3 Å². The third-order valence-corrected chi connectivity index (χ3v) is 4.34. The Morgan fingerprint density at radius 2 is 2.32 bits per heavy atom. The summed E-state index contributed by atoms with van der Waals surface area (Å²) in [4.78, 5) is 6.80. The number of nitrogens with zero attached hydrogens (tertiary/aromatic N) is 3. The zero-order valence-electron chi connectivity index (χ0n) is 10.9. The molecule has 0 bridgehead atoms. The van der Waals surface area contributed by atoms with Crippen LogP contribution in [0.4, 0.5) is 11.4 Å². The lowest BCUT2D eigenvalue weighted by Crippen LogP contribution is -2.27. The Bertz CT molecular complexity index is 651. The van der Waals surface area contributed by atoms with Gasteiger partial charge in [0, 0.05) is 12.6 Å². The topological polar surface area (TPSA) is 65.9 Å². The molecule has 1 aromatic heterocycles. The summed E-state index contributed by atoms with van der Waals surface area (Å²) in [6.07, 6.45) is 2.92. The molecule has 0 aliphatic heterocycles. The van der Waals surface area contributed by atoms with Crippen molar-refractivity contribution in [1.29, 1.82) is 5.26 Å². The van der Waals surface area contributed by atoms with Crippen LogP contribution in [0.2, 0.25) is 0 Å². The standard InChI is InChI=1S/C14H16N4S/c1-9-17-12-8-13(11(16)7-14(12)19-9)18(6-2-5-15)10-3-4-10/h7-8,10H,2-4,6,16H2,1H3. The molecule has 1 saturated carbocycles. The number of aromatic nitrogens is 1. The molecule has 0 atom stereocenters. The van der Waals surface area contributed by atoms with Gasteiger partial charge in [0.25, 0.3) is 0 Å². The normalized spacial score (nSPS) is 14.5. The van der Waals surface area contributed by atoms with Gasteiger partial charge >= 0.3 is 0 Å². The van der Waals surface area contributed by atoms with Gasteiger partial charge < -0.3 is 10.6 Å². The minimum Gasteiger partial charge on any atom is -0.397 e. The van der Waals surface area contributed by atoms with E-state index in [0.29, 0.717) is 12.5 Å². The molecule has 2 N–H and O–H groups in total. The molecule has 1 aliphatic carbocycles. The monoisotopic (exact) mass is 272 g/mol. The number of anilines is 2. The maximum absolute atomic E-state index is 8.79. The fourth-order valence-corrected chi connectivity index (χ4v) is 3.26. The van der Waals surface area contributed by atoms with E-state index < -0.39 is 0 Å². The van der Waals surface area contributed by atoms with Crippen LogP contribution in [0.1, 0.15) is 24.3 Å². The largest absolute Gasteiger partial charge is 0.397 e. The maximum atomic E-state index is 8.79. The number of hydrogen-bond acceptors (Lipinski definition) is 5. The smallest absolute Gasteiger partial charge is 0.0907 e. The van der Waals surface area contributed by atoms with Gasteiger partial charge in [0.1, 0.15) is 0 Å². The summed E-state index contributed by atoms with van der Waals surface area (Å²) < 4.78 is 1.13. The molecule has 2 aromatic rings. The van der Waals surface area contributed by atoms with Gasteiger partial charge in [0.05, 0.1) is 39.1 Å². The van der Waals surface area contributed by atoms with Crippen molar-refractivity contribution >= 4 is 32.9 Å². The molecule has 0 radical (unpaired) electrons. The van der Waals surface area contributed by atoms with Gasteiger partial charge in [0.2, 0.25) is 0 Å². The van der Waals surface area contributed by atoms with E-state index in [2.05, 4.69) is 22.0 Å². The highest BCUT2D eigenvalue weighted by molar-refractivity contribution is 7.18. The van der Waals surface area contributed by atoms with Crippen LogP contribution < -0.4 is 10.6 Å². The van der Waals surface area contributed by atoms with Gasteiger partial charge in [0.15, 0.2) is 0 Å². The van der Waals surface area contributed by atoms with Gasteiger partial charge in [-0.1, -0.05) is 0 Å². The first-order chi connectivity index (χ1) is 9.19. The lowest BCUT2D eigenvalue weighted by molar-refractivity contribution is 0.795. The van der Waals surface area contributed by atoms with Crippen molar-refractivity contribution in [2.75, 3.05) is 17.2 Å². The number of thiazole rings is 1. The molecule has 3 rings (SSSR count). The van der Waals surface area contributed by atoms with Crippen molar-refractivity contribution in [3.8, 4) is 6.07 Å². The Kier molecular flexibility index (Phi) is 3.03. The maximum Gasteiger partial charge on any atom is 0.0907 e. The molecule has 0 unspecified atom stereocenters. The molecule has 0 spiro atoms. The molecular weight excluding hydrogens is 256 g/mol. The van der Waals surface area contributed by atoms with Crippen molar-refractivity contribution in [2.24, 2.45) is 0 Å². The Labute approximate surface area is 116 Å². The average Bonchev–Trinajstić information content (AvgIpc) is 3.13. The first-order valence-corrected chi connectivity index (χ1v) is 7.31. The quantitative estimate of drug-likeness (QED) is 0.869. The van der Waals surface area contributed by atoms with Gasteiger partial charge in [-0.15, -0.1) is 11.3 Å². The minimum absolute atomic E-state index is 0.532. The van der Waals surface area contributed by atoms with Crippen LogP contribution in [-0.2, 0) is 0 Å². The van der Waals surface area contributed by atoms with Crippen LogP contribution in [0.3, 0.4) is 0 Å². The number of rotatable bonds is 4. The second kappa shape index (κ2) is 4.71. The average molecular weight is 272 g/mol. The zero-order chi connectivity index (χ0) is 13.4. The van der Waals surface area contributed by atoms with E-state index in [9.17, 15) is 0 Å². The predicted octanol–water partition coefficient (Wildman–Crippen LogP) is 3.07. The summed E-state index contributed by atoms with van der Waals surface area (Å²) in [5, 5.41) is 9.85. The van der Waals surface area contributed by atoms with Gasteiger partial charge in [-0.25, -0.2) is 4.98 Å². The third-order valence-electron chi connectivity index (χ3n) is 3.41. The van der Waals surface area contributed by atoms with Gasteiger partial charge in [-0.3, -0.25) is 0 Å². The number of nitrogens with two attached hydrogens (primary N) is 1. The van der Waals surface area contributed by atoms with E-state index in [4.69, 9.17) is 11.0 Å². The van der Waals surface area contributed by atoms with E-state index in [1.807, 2.05) is 13.0 Å². The summed E-state index contributed by atoms with van der Waals surface area (Å²) in [7, 11) is 0. The number of nitriles is 1. The molecule has 19 heavy (non-hydrogen) atoms. The van der Waals surface area contributed by atoms with Gasteiger partial charge in [-0.2, -0.15) is 5.26 Å². The number of aryl methyl sites for hydroxylation is 1. The highest BCUT2D eigenvalue weighted by Crippen LogP contribution is 2.38. The predicted molar refractivity (Wildman–Crippen MR) is 79.4 cm³/mol. The summed E-state index contributed by atoms with van der Waals surface area (Å²) in [5.41, 5.74) is 9.03. The fraction of sp³-hybridized carbons (Fsp3) is 0.429. The highest BCUT2D eigenvalue weighted by Gasteiger charge is 2.30. The Morgan fingerprint density at radius 3 is 3.00 bits per heavy atom. The third kappa shape index (κ3) is 2.36. The van der Waals surface area contributed by atoms with Crippen molar-refractivity contribution in [3.63, 3.8) is 0 Å². The zero-order valence-corrected chi connectivity index (χ0v) is 11.7. The number of fused-ring (bicyclic) bond motifs is 1. The lowest BCUT2D eigenvalue weighted by atomic mass is 10.2. The molecule has 1 fully saturated rings. The Morgan fingerprint density at radius 1 is 1.53 bits per heavy atom. The van der Waals surface area contributed by atoms with E-state index in [1.165, 1.54) is 12.8 Å². The van der Waals surface area contributed by atoms with Gasteiger partial charge in [-0.05, 0) is 31.9 Å². The van der Waals surface area contributed by atoms with E-state index in [-0.39, 0.29) is 0 Å². The first-order valence-electron chi connectivity index (χ1n) is 6.49. The van der Waals surface area contributed by atoms with Crippen molar-refractivity contribution in [1.82, 2.24) is 4.98 Å². The summed E-state index contributed by atoms with van der Waals surface area (Å²) in [5.74, 6) is 0. The van der Waals surface area contributed by atoms with Crippen molar-refractivity contribution < 1.29 is 0 Å². The minimum atomic E-state index is 0.532. The molecule has 5 heteroatoms. The van der Waals surface area contributed by atoms with E-state index in [1.54, 1.807) is 11.3 Å². The molecule has 1 heterocycles. The molecular formula is C14H16N4S. The number of benzene rings is 1. The molecule has 1 aromatic carbocycles. The second-order valence-electron chi connectivity index (χ2n) is 4.94. The van der Waals surface area contributed by atoms with E-state index in [0.717, 1.165) is 33.1 Å². The molecule has 0 amide bonds.